The summed E-state index contributed by atoms with van der Waals surface area (Å²) in [4.78, 5) is 12.5. The lowest BCUT2D eigenvalue weighted by Gasteiger charge is -2.09. The highest BCUT2D eigenvalue weighted by molar-refractivity contribution is 6.32. The fourth-order valence-corrected chi connectivity index (χ4v) is 2.47. The Balaban J connectivity index is 2.02. The van der Waals surface area contributed by atoms with E-state index in [4.69, 9.17) is 20.8 Å². The monoisotopic (exact) mass is 345 g/mol. The predicted molar refractivity (Wildman–Crippen MR) is 90.5 cm³/mol. The molecule has 0 aliphatic rings. The number of nitrogens with one attached hydrogen (secondary N) is 1. The molecular weight excluding hydrogens is 330 g/mol. The van der Waals surface area contributed by atoms with Gasteiger partial charge < -0.3 is 14.5 Å². The first kappa shape index (κ1) is 16.3. The van der Waals surface area contributed by atoms with Crippen molar-refractivity contribution in [2.75, 3.05) is 20.3 Å². The van der Waals surface area contributed by atoms with E-state index in [1.807, 2.05) is 12.1 Å². The van der Waals surface area contributed by atoms with Gasteiger partial charge in [-0.1, -0.05) is 23.7 Å². The molecular formula is C17H16ClN3O3. The first-order chi connectivity index (χ1) is 11.7. The summed E-state index contributed by atoms with van der Waals surface area (Å²) in [5.41, 5.74) is 1.54. The number of halogens is 1. The molecule has 1 aromatic carbocycles. The highest BCUT2D eigenvalue weighted by atomic mass is 35.5. The number of ether oxygens (including phenoxy) is 1. The van der Waals surface area contributed by atoms with Gasteiger partial charge in [-0.05, 0) is 24.3 Å². The average molecular weight is 346 g/mol. The molecule has 2 heterocycles. The Kier molecular flexibility index (Phi) is 4.98. The molecule has 0 spiro atoms. The van der Waals surface area contributed by atoms with Gasteiger partial charge in [0.1, 0.15) is 11.4 Å². The zero-order chi connectivity index (χ0) is 16.9. The van der Waals surface area contributed by atoms with E-state index in [9.17, 15) is 4.79 Å². The number of methoxy groups -OCH3 is 1. The van der Waals surface area contributed by atoms with Gasteiger partial charge in [-0.2, -0.15) is 5.10 Å². The number of aromatic nitrogens is 2. The van der Waals surface area contributed by atoms with Crippen molar-refractivity contribution in [2.45, 2.75) is 0 Å². The number of benzene rings is 1. The minimum atomic E-state index is -0.266. The second-order valence-corrected chi connectivity index (χ2v) is 5.41. The van der Waals surface area contributed by atoms with Crippen LogP contribution in [0.25, 0.3) is 17.1 Å². The van der Waals surface area contributed by atoms with Crippen molar-refractivity contribution >= 4 is 17.5 Å². The van der Waals surface area contributed by atoms with Crippen molar-refractivity contribution in [1.29, 1.82) is 0 Å². The van der Waals surface area contributed by atoms with Crippen LogP contribution in [-0.2, 0) is 4.74 Å². The van der Waals surface area contributed by atoms with E-state index in [2.05, 4.69) is 10.4 Å². The molecule has 24 heavy (non-hydrogen) atoms. The maximum atomic E-state index is 12.5. The van der Waals surface area contributed by atoms with Gasteiger partial charge in [0.25, 0.3) is 5.91 Å². The molecule has 3 rings (SSSR count). The molecule has 6 nitrogen and oxygen atoms in total. The van der Waals surface area contributed by atoms with Crippen LogP contribution in [0.2, 0.25) is 5.02 Å². The van der Waals surface area contributed by atoms with Crippen molar-refractivity contribution in [3.63, 3.8) is 0 Å². The van der Waals surface area contributed by atoms with Crippen LogP contribution in [0.4, 0.5) is 0 Å². The number of hydrogen-bond acceptors (Lipinski definition) is 4. The van der Waals surface area contributed by atoms with Gasteiger partial charge >= 0.3 is 0 Å². The third-order valence-corrected chi connectivity index (χ3v) is 3.71. The van der Waals surface area contributed by atoms with Crippen LogP contribution in [0.15, 0.2) is 53.1 Å². The quantitative estimate of drug-likeness (QED) is 0.697. The van der Waals surface area contributed by atoms with Crippen LogP contribution in [-0.4, -0.2) is 35.9 Å². The molecule has 0 aliphatic heterocycles. The van der Waals surface area contributed by atoms with E-state index in [0.29, 0.717) is 41.0 Å². The van der Waals surface area contributed by atoms with E-state index in [1.165, 1.54) is 4.68 Å². The summed E-state index contributed by atoms with van der Waals surface area (Å²) in [6, 6.07) is 12.4. The van der Waals surface area contributed by atoms with Gasteiger partial charge in [-0.25, -0.2) is 4.68 Å². The Morgan fingerprint density at radius 1 is 1.33 bits per heavy atom. The number of nitrogens with zero attached hydrogens (tertiary/aromatic N) is 2. The predicted octanol–water partition coefficient (Wildman–Crippen LogP) is 3.16. The molecule has 0 fully saturated rings. The zero-order valence-corrected chi connectivity index (χ0v) is 13.8. The Morgan fingerprint density at radius 2 is 2.17 bits per heavy atom. The van der Waals surface area contributed by atoms with Gasteiger partial charge in [0, 0.05) is 19.7 Å². The van der Waals surface area contributed by atoms with Crippen LogP contribution in [0.1, 0.15) is 10.5 Å². The third kappa shape index (κ3) is 3.34. The Hall–Kier alpha value is -2.57. The number of furan rings is 1. The smallest absolute Gasteiger partial charge is 0.270 e. The number of amides is 1. The van der Waals surface area contributed by atoms with E-state index < -0.39 is 0 Å². The number of rotatable bonds is 6. The van der Waals surface area contributed by atoms with Crippen LogP contribution in [0.3, 0.4) is 0 Å². The topological polar surface area (TPSA) is 69.3 Å². The summed E-state index contributed by atoms with van der Waals surface area (Å²) in [5, 5.41) is 7.77. The fraction of sp³-hybridized carbons (Fsp3) is 0.176. The first-order valence-corrected chi connectivity index (χ1v) is 7.74. The minimum Gasteiger partial charge on any atom is -0.463 e. The van der Waals surface area contributed by atoms with E-state index in [-0.39, 0.29) is 5.91 Å². The van der Waals surface area contributed by atoms with Crippen LogP contribution < -0.4 is 5.32 Å². The molecule has 0 bridgehead atoms. The summed E-state index contributed by atoms with van der Waals surface area (Å²) in [6.07, 6.45) is 1.56. The fourth-order valence-electron chi connectivity index (χ4n) is 2.25. The average Bonchev–Trinajstić information content (AvgIpc) is 3.25. The SMILES string of the molecule is COCCNC(=O)c1cc(-c2ccco2)nn1-c1ccccc1Cl. The normalized spacial score (nSPS) is 10.8. The van der Waals surface area contributed by atoms with Crippen LogP contribution >= 0.6 is 11.6 Å². The van der Waals surface area contributed by atoms with Gasteiger partial charge in [0.15, 0.2) is 5.76 Å². The Morgan fingerprint density at radius 3 is 2.88 bits per heavy atom. The summed E-state index contributed by atoms with van der Waals surface area (Å²) in [6.45, 7) is 0.829. The second-order valence-electron chi connectivity index (χ2n) is 5.00. The Labute approximate surface area is 144 Å². The van der Waals surface area contributed by atoms with Gasteiger partial charge in [-0.3, -0.25) is 4.79 Å². The zero-order valence-electron chi connectivity index (χ0n) is 13.0. The molecule has 1 N–H and O–H groups in total. The van der Waals surface area contributed by atoms with Gasteiger partial charge in [0.2, 0.25) is 0 Å². The molecule has 0 aliphatic carbocycles. The molecule has 2 aromatic heterocycles. The van der Waals surface area contributed by atoms with Gasteiger partial charge in [-0.15, -0.1) is 0 Å². The molecule has 3 aromatic rings. The van der Waals surface area contributed by atoms with Crippen LogP contribution in [0, 0.1) is 0 Å². The summed E-state index contributed by atoms with van der Waals surface area (Å²) < 4.78 is 11.8. The lowest BCUT2D eigenvalue weighted by molar-refractivity contribution is 0.0929. The number of para-hydroxylation sites is 1. The van der Waals surface area contributed by atoms with Crippen molar-refractivity contribution in [3.8, 4) is 17.1 Å². The lowest BCUT2D eigenvalue weighted by atomic mass is 10.2. The maximum absolute atomic E-state index is 12.5. The highest BCUT2D eigenvalue weighted by Gasteiger charge is 2.19. The summed E-state index contributed by atoms with van der Waals surface area (Å²) in [7, 11) is 1.58. The molecule has 0 saturated heterocycles. The highest BCUT2D eigenvalue weighted by Crippen LogP contribution is 2.25. The van der Waals surface area contributed by atoms with E-state index >= 15 is 0 Å². The molecule has 7 heteroatoms. The molecule has 0 radical (unpaired) electrons. The van der Waals surface area contributed by atoms with Crippen molar-refractivity contribution in [3.05, 3.63) is 59.4 Å². The summed E-state index contributed by atoms with van der Waals surface area (Å²) >= 11 is 6.26. The second kappa shape index (κ2) is 7.33. The van der Waals surface area contributed by atoms with Gasteiger partial charge in [0.05, 0.1) is 23.6 Å². The molecule has 1 amide bonds. The number of carbonyl (C=O) groups excluding carboxylic acids is 1. The lowest BCUT2D eigenvalue weighted by Crippen LogP contribution is -2.28. The standard InChI is InChI=1S/C17H16ClN3O3/c1-23-10-8-19-17(22)15-11-13(16-7-4-9-24-16)20-21(15)14-6-3-2-5-12(14)18/h2-7,9,11H,8,10H2,1H3,(H,19,22). The molecule has 124 valence electrons. The van der Waals surface area contributed by atoms with E-state index in [0.717, 1.165) is 0 Å². The van der Waals surface area contributed by atoms with Crippen molar-refractivity contribution in [2.24, 2.45) is 0 Å². The number of carbonyl (C=O) groups is 1. The number of hydrogen-bond donors (Lipinski definition) is 1. The molecule has 0 saturated carbocycles. The Bertz CT molecular complexity index is 827. The first-order valence-electron chi connectivity index (χ1n) is 7.36. The summed E-state index contributed by atoms with van der Waals surface area (Å²) in [5.74, 6) is 0.309. The van der Waals surface area contributed by atoms with E-state index in [1.54, 1.807) is 43.7 Å². The minimum absolute atomic E-state index is 0.266. The largest absolute Gasteiger partial charge is 0.463 e. The molecule has 0 atom stereocenters. The van der Waals surface area contributed by atoms with Crippen LogP contribution in [0.5, 0.6) is 0 Å². The third-order valence-electron chi connectivity index (χ3n) is 3.39. The maximum Gasteiger partial charge on any atom is 0.270 e. The van der Waals surface area contributed by atoms with Crippen molar-refractivity contribution < 1.29 is 13.9 Å². The van der Waals surface area contributed by atoms with Crippen molar-refractivity contribution in [1.82, 2.24) is 15.1 Å². The molecule has 0 unspecified atom stereocenters.